The van der Waals surface area contributed by atoms with Gasteiger partial charge < -0.3 is 15.4 Å². The number of hydrogen-bond donors (Lipinski definition) is 2. The van der Waals surface area contributed by atoms with Gasteiger partial charge in [-0.3, -0.25) is 9.59 Å². The molecule has 2 aromatic carbocycles. The molecule has 0 radical (unpaired) electrons. The zero-order valence-electron chi connectivity index (χ0n) is 13.5. The third kappa shape index (κ3) is 3.21. The summed E-state index contributed by atoms with van der Waals surface area (Å²) in [5.74, 6) is -0.496. The summed E-state index contributed by atoms with van der Waals surface area (Å²) in [6.45, 7) is 2.36. The van der Waals surface area contributed by atoms with Crippen molar-refractivity contribution in [1.29, 1.82) is 5.26 Å². The summed E-state index contributed by atoms with van der Waals surface area (Å²) in [6.07, 6.45) is 0. The molecule has 3 rings (SSSR count). The average molecular weight is 333 g/mol. The highest BCUT2D eigenvalue weighted by Crippen LogP contribution is 2.33. The van der Waals surface area contributed by atoms with Crippen molar-refractivity contribution in [3.63, 3.8) is 0 Å². The smallest absolute Gasteiger partial charge is 0.267 e. The summed E-state index contributed by atoms with van der Waals surface area (Å²) < 4.78 is 5.39. The van der Waals surface area contributed by atoms with E-state index in [9.17, 15) is 14.9 Å². The second-order valence-electron chi connectivity index (χ2n) is 5.28. The van der Waals surface area contributed by atoms with E-state index in [1.165, 1.54) is 0 Å². The number of carbonyl (C=O) groups excluding carboxylic acids is 2. The van der Waals surface area contributed by atoms with Crippen molar-refractivity contribution in [1.82, 2.24) is 0 Å². The van der Waals surface area contributed by atoms with Crippen LogP contribution in [0.25, 0.3) is 5.57 Å². The third-order valence-corrected chi connectivity index (χ3v) is 3.66. The molecule has 0 bridgehead atoms. The largest absolute Gasteiger partial charge is 0.494 e. The van der Waals surface area contributed by atoms with E-state index in [1.54, 1.807) is 48.5 Å². The van der Waals surface area contributed by atoms with Crippen molar-refractivity contribution in [2.45, 2.75) is 6.92 Å². The van der Waals surface area contributed by atoms with Gasteiger partial charge in [-0.15, -0.1) is 0 Å². The zero-order chi connectivity index (χ0) is 17.8. The molecule has 0 atom stereocenters. The topological polar surface area (TPSA) is 91.2 Å². The van der Waals surface area contributed by atoms with Crippen molar-refractivity contribution in [2.75, 3.05) is 17.2 Å². The number of carbonyl (C=O) groups is 2. The highest BCUT2D eigenvalue weighted by atomic mass is 16.5. The van der Waals surface area contributed by atoms with E-state index >= 15 is 0 Å². The lowest BCUT2D eigenvalue weighted by Crippen LogP contribution is -2.17. The maximum absolute atomic E-state index is 12.5. The van der Waals surface area contributed by atoms with Gasteiger partial charge in [-0.2, -0.15) is 5.26 Å². The molecular weight excluding hydrogens is 318 g/mol. The molecule has 2 N–H and O–H groups in total. The van der Waals surface area contributed by atoms with Crippen LogP contribution in [0.4, 0.5) is 11.4 Å². The number of amides is 2. The van der Waals surface area contributed by atoms with Crippen molar-refractivity contribution in [3.8, 4) is 11.8 Å². The highest BCUT2D eigenvalue weighted by molar-refractivity contribution is 6.37. The Kier molecular flexibility index (Phi) is 4.48. The number of nitriles is 1. The Balaban J connectivity index is 1.94. The molecule has 124 valence electrons. The SMILES string of the molecule is CCOc1cccc(NC(=O)/C(C#N)=C2\C(=O)Nc3ccccc32)c1. The van der Waals surface area contributed by atoms with Gasteiger partial charge in [0.25, 0.3) is 11.8 Å². The van der Waals surface area contributed by atoms with Crippen molar-refractivity contribution < 1.29 is 14.3 Å². The van der Waals surface area contributed by atoms with Crippen molar-refractivity contribution >= 4 is 28.8 Å². The molecule has 0 saturated carbocycles. The van der Waals surface area contributed by atoms with Crippen LogP contribution in [0.15, 0.2) is 54.1 Å². The molecule has 0 aliphatic carbocycles. The number of nitrogens with one attached hydrogen (secondary N) is 2. The van der Waals surface area contributed by atoms with E-state index in [-0.39, 0.29) is 11.1 Å². The van der Waals surface area contributed by atoms with Crippen LogP contribution in [0.2, 0.25) is 0 Å². The molecule has 0 aromatic heterocycles. The highest BCUT2D eigenvalue weighted by Gasteiger charge is 2.30. The first-order valence-electron chi connectivity index (χ1n) is 7.73. The fraction of sp³-hybridized carbons (Fsp3) is 0.105. The number of para-hydroxylation sites is 1. The van der Waals surface area contributed by atoms with Crippen LogP contribution in [0.1, 0.15) is 12.5 Å². The second-order valence-corrected chi connectivity index (χ2v) is 5.28. The molecule has 2 aromatic rings. The first-order chi connectivity index (χ1) is 12.1. The molecule has 6 heteroatoms. The maximum Gasteiger partial charge on any atom is 0.267 e. The minimum Gasteiger partial charge on any atom is -0.494 e. The van der Waals surface area contributed by atoms with Gasteiger partial charge in [0.05, 0.1) is 12.2 Å². The summed E-state index contributed by atoms with van der Waals surface area (Å²) >= 11 is 0. The van der Waals surface area contributed by atoms with Crippen molar-refractivity contribution in [2.24, 2.45) is 0 Å². The molecule has 0 fully saturated rings. The molecule has 0 unspecified atom stereocenters. The number of nitrogens with zero attached hydrogens (tertiary/aromatic N) is 1. The van der Waals surface area contributed by atoms with Gasteiger partial charge in [-0.1, -0.05) is 24.3 Å². The van der Waals surface area contributed by atoms with Crippen LogP contribution in [-0.2, 0) is 9.59 Å². The summed E-state index contributed by atoms with van der Waals surface area (Å²) in [5, 5.41) is 14.7. The monoisotopic (exact) mass is 333 g/mol. The quantitative estimate of drug-likeness (QED) is 0.665. The molecule has 1 aliphatic heterocycles. The van der Waals surface area contributed by atoms with E-state index < -0.39 is 11.8 Å². The van der Waals surface area contributed by atoms with E-state index in [2.05, 4.69) is 10.6 Å². The summed E-state index contributed by atoms with van der Waals surface area (Å²) in [6, 6.07) is 15.6. The lowest BCUT2D eigenvalue weighted by Gasteiger charge is -2.08. The van der Waals surface area contributed by atoms with Gasteiger partial charge in [-0.25, -0.2) is 0 Å². The van der Waals surface area contributed by atoms with Crippen LogP contribution in [0, 0.1) is 11.3 Å². The Morgan fingerprint density at radius 1 is 1.24 bits per heavy atom. The van der Waals surface area contributed by atoms with Crippen LogP contribution in [0.5, 0.6) is 5.75 Å². The summed E-state index contributed by atoms with van der Waals surface area (Å²) in [4.78, 5) is 24.8. The Morgan fingerprint density at radius 3 is 2.80 bits per heavy atom. The summed E-state index contributed by atoms with van der Waals surface area (Å²) in [5.41, 5.74) is 1.46. The molecule has 6 nitrogen and oxygen atoms in total. The van der Waals surface area contributed by atoms with Gasteiger partial charge in [0.15, 0.2) is 0 Å². The van der Waals surface area contributed by atoms with Crippen LogP contribution in [-0.4, -0.2) is 18.4 Å². The van der Waals surface area contributed by atoms with E-state index in [0.717, 1.165) is 0 Å². The number of hydrogen-bond acceptors (Lipinski definition) is 4. The van der Waals surface area contributed by atoms with Crippen molar-refractivity contribution in [3.05, 3.63) is 59.7 Å². The molecule has 25 heavy (non-hydrogen) atoms. The van der Waals surface area contributed by atoms with E-state index in [4.69, 9.17) is 4.74 Å². The van der Waals surface area contributed by atoms with Gasteiger partial charge in [0.1, 0.15) is 17.4 Å². The number of ether oxygens (including phenoxy) is 1. The fourth-order valence-corrected chi connectivity index (χ4v) is 2.61. The van der Waals surface area contributed by atoms with Gasteiger partial charge in [-0.05, 0) is 25.1 Å². The maximum atomic E-state index is 12.5. The minimum atomic E-state index is -0.641. The lowest BCUT2D eigenvalue weighted by atomic mass is 10.0. The third-order valence-electron chi connectivity index (χ3n) is 3.66. The predicted molar refractivity (Wildman–Crippen MR) is 93.8 cm³/mol. The molecule has 1 aliphatic rings. The average Bonchev–Trinajstić information content (AvgIpc) is 2.93. The lowest BCUT2D eigenvalue weighted by molar-refractivity contribution is -0.113. The Bertz CT molecular complexity index is 926. The second kappa shape index (κ2) is 6.89. The van der Waals surface area contributed by atoms with Crippen LogP contribution in [0.3, 0.4) is 0 Å². The van der Waals surface area contributed by atoms with Crippen LogP contribution >= 0.6 is 0 Å². The van der Waals surface area contributed by atoms with E-state index in [0.29, 0.717) is 29.3 Å². The summed E-state index contributed by atoms with van der Waals surface area (Å²) in [7, 11) is 0. The number of anilines is 2. The molecule has 0 saturated heterocycles. The number of benzene rings is 2. The number of fused-ring (bicyclic) bond motifs is 1. The first kappa shape index (κ1) is 16.3. The normalized spacial score (nSPS) is 14.2. The molecular formula is C19H15N3O3. The standard InChI is InChI=1S/C19H15N3O3/c1-2-25-13-7-5-6-12(10-13)21-18(23)15(11-20)17-14-8-3-4-9-16(14)22-19(17)24/h3-10H,2H2,1H3,(H,21,23)(H,22,24)/b17-15-. The zero-order valence-corrected chi connectivity index (χ0v) is 13.5. The predicted octanol–water partition coefficient (Wildman–Crippen LogP) is 2.95. The van der Waals surface area contributed by atoms with Gasteiger partial charge in [0.2, 0.25) is 0 Å². The molecule has 2 amide bonds. The van der Waals surface area contributed by atoms with E-state index in [1.807, 2.05) is 13.0 Å². The molecule has 1 heterocycles. The number of rotatable bonds is 4. The molecule has 0 spiro atoms. The van der Waals surface area contributed by atoms with Crippen LogP contribution < -0.4 is 15.4 Å². The van der Waals surface area contributed by atoms with Gasteiger partial charge in [0, 0.05) is 23.0 Å². The Hall–Kier alpha value is -3.59. The minimum absolute atomic E-state index is 0.0802. The fourth-order valence-electron chi connectivity index (χ4n) is 2.61. The Labute approximate surface area is 144 Å². The Morgan fingerprint density at radius 2 is 2.04 bits per heavy atom. The first-order valence-corrected chi connectivity index (χ1v) is 7.73. The van der Waals surface area contributed by atoms with Gasteiger partial charge >= 0.3 is 0 Å².